The Morgan fingerprint density at radius 2 is 2.55 bits per heavy atom. The molecule has 1 aliphatic heterocycles. The van der Waals surface area contributed by atoms with E-state index in [1.54, 1.807) is 18.0 Å². The lowest BCUT2D eigenvalue weighted by Gasteiger charge is -1.94. The third-order valence-electron chi connectivity index (χ3n) is 1.66. The van der Waals surface area contributed by atoms with E-state index in [0.717, 1.165) is 17.2 Å². The molecule has 0 aliphatic carbocycles. The quantitative estimate of drug-likeness (QED) is 0.581. The Kier molecular flexibility index (Phi) is 1.55. The number of nitrogens with zero attached hydrogens (tertiary/aromatic N) is 2. The van der Waals surface area contributed by atoms with Crippen LogP contribution in [0, 0.1) is 11.3 Å². The van der Waals surface area contributed by atoms with Crippen molar-refractivity contribution in [1.29, 1.82) is 5.26 Å². The van der Waals surface area contributed by atoms with Crippen molar-refractivity contribution in [3.05, 3.63) is 23.4 Å². The molecule has 0 bridgehead atoms. The van der Waals surface area contributed by atoms with Crippen molar-refractivity contribution < 1.29 is 0 Å². The summed E-state index contributed by atoms with van der Waals surface area (Å²) in [7, 11) is 0. The molecule has 0 spiro atoms. The first-order valence-corrected chi connectivity index (χ1v) is 4.40. The van der Waals surface area contributed by atoms with Crippen molar-refractivity contribution in [2.75, 3.05) is 5.75 Å². The zero-order chi connectivity index (χ0) is 7.68. The summed E-state index contributed by atoms with van der Waals surface area (Å²) in [4.78, 5) is 4.17. The topological polar surface area (TPSA) is 36.7 Å². The van der Waals surface area contributed by atoms with E-state index in [9.17, 15) is 0 Å². The highest BCUT2D eigenvalue weighted by atomic mass is 32.2. The van der Waals surface area contributed by atoms with E-state index in [0.29, 0.717) is 5.56 Å². The average molecular weight is 162 g/mol. The third-order valence-corrected chi connectivity index (χ3v) is 2.71. The molecule has 1 aromatic rings. The molecular formula is C8H6N2S. The maximum atomic E-state index is 8.57. The lowest BCUT2D eigenvalue weighted by Crippen LogP contribution is -1.85. The molecule has 0 saturated carbocycles. The first kappa shape index (κ1) is 6.68. The summed E-state index contributed by atoms with van der Waals surface area (Å²) in [5.74, 6) is 1.11. The fraction of sp³-hybridized carbons (Fsp3) is 0.250. The number of nitriles is 1. The third kappa shape index (κ3) is 1.10. The van der Waals surface area contributed by atoms with Gasteiger partial charge < -0.3 is 0 Å². The van der Waals surface area contributed by atoms with E-state index in [-0.39, 0.29) is 0 Å². The number of rotatable bonds is 0. The highest BCUT2D eigenvalue weighted by Gasteiger charge is 2.12. The van der Waals surface area contributed by atoms with Crippen molar-refractivity contribution in [2.45, 2.75) is 11.4 Å². The molecule has 11 heavy (non-hydrogen) atoms. The monoisotopic (exact) mass is 162 g/mol. The van der Waals surface area contributed by atoms with Gasteiger partial charge in [-0.2, -0.15) is 5.26 Å². The van der Waals surface area contributed by atoms with Crippen molar-refractivity contribution >= 4 is 11.8 Å². The Hall–Kier alpha value is -1.01. The van der Waals surface area contributed by atoms with E-state index in [4.69, 9.17) is 5.26 Å². The maximum Gasteiger partial charge on any atom is 0.101 e. The number of thioether (sulfide) groups is 1. The summed E-state index contributed by atoms with van der Waals surface area (Å²) >= 11 is 1.77. The first-order chi connectivity index (χ1) is 5.40. The minimum Gasteiger partial charge on any atom is -0.248 e. The van der Waals surface area contributed by atoms with Crippen LogP contribution in [0.2, 0.25) is 0 Å². The predicted molar refractivity (Wildman–Crippen MR) is 43.4 cm³/mol. The van der Waals surface area contributed by atoms with Crippen LogP contribution < -0.4 is 0 Å². The standard InChI is InChI=1S/C8H6N2S/c9-4-6-3-7-1-2-11-8(7)10-5-6/h3,5H,1-2H2. The van der Waals surface area contributed by atoms with Crippen LogP contribution in [0.25, 0.3) is 0 Å². The lowest BCUT2D eigenvalue weighted by molar-refractivity contribution is 1.04. The smallest absolute Gasteiger partial charge is 0.101 e. The number of hydrogen-bond acceptors (Lipinski definition) is 3. The SMILES string of the molecule is N#Cc1cnc2c(c1)CCS2. The zero-order valence-electron chi connectivity index (χ0n) is 5.87. The van der Waals surface area contributed by atoms with Crippen molar-refractivity contribution in [3.8, 4) is 6.07 Å². The molecule has 0 amide bonds. The van der Waals surface area contributed by atoms with Crippen LogP contribution in [-0.2, 0) is 6.42 Å². The van der Waals surface area contributed by atoms with E-state index >= 15 is 0 Å². The molecule has 3 heteroatoms. The van der Waals surface area contributed by atoms with Gasteiger partial charge in [-0.05, 0) is 18.1 Å². The van der Waals surface area contributed by atoms with Crippen molar-refractivity contribution in [2.24, 2.45) is 0 Å². The van der Waals surface area contributed by atoms with Gasteiger partial charge in [-0.1, -0.05) is 0 Å². The van der Waals surface area contributed by atoms with Crippen LogP contribution in [0.1, 0.15) is 11.1 Å². The second-order valence-corrected chi connectivity index (χ2v) is 3.48. The van der Waals surface area contributed by atoms with Gasteiger partial charge in [0.1, 0.15) is 6.07 Å². The summed E-state index contributed by atoms with van der Waals surface area (Å²) in [6.07, 6.45) is 2.69. The molecule has 0 atom stereocenters. The minimum atomic E-state index is 0.672. The van der Waals surface area contributed by atoms with Gasteiger partial charge in [-0.25, -0.2) is 4.98 Å². The summed E-state index contributed by atoms with van der Waals surface area (Å²) in [6.45, 7) is 0. The predicted octanol–water partition coefficient (Wildman–Crippen LogP) is 1.60. The van der Waals surface area contributed by atoms with Crippen LogP contribution in [0.5, 0.6) is 0 Å². The number of hydrogen-bond donors (Lipinski definition) is 0. The molecule has 0 unspecified atom stereocenters. The van der Waals surface area contributed by atoms with E-state index in [2.05, 4.69) is 11.1 Å². The maximum absolute atomic E-state index is 8.57. The van der Waals surface area contributed by atoms with Gasteiger partial charge in [0.05, 0.1) is 10.6 Å². The zero-order valence-corrected chi connectivity index (χ0v) is 6.69. The second-order valence-electron chi connectivity index (χ2n) is 2.40. The Labute approximate surface area is 69.3 Å². The van der Waals surface area contributed by atoms with E-state index in [1.807, 2.05) is 6.07 Å². The normalized spacial score (nSPS) is 14.1. The number of aromatic nitrogens is 1. The molecule has 2 nitrogen and oxygen atoms in total. The number of aryl methyl sites for hydroxylation is 1. The van der Waals surface area contributed by atoms with Gasteiger partial charge in [-0.3, -0.25) is 0 Å². The summed E-state index contributed by atoms with van der Waals surface area (Å²) in [5.41, 5.74) is 1.90. The number of fused-ring (bicyclic) bond motifs is 1. The van der Waals surface area contributed by atoms with Crippen LogP contribution in [0.3, 0.4) is 0 Å². The molecule has 0 N–H and O–H groups in total. The van der Waals surface area contributed by atoms with Gasteiger partial charge in [0.2, 0.25) is 0 Å². The highest BCUT2D eigenvalue weighted by molar-refractivity contribution is 7.99. The number of pyridine rings is 1. The highest BCUT2D eigenvalue weighted by Crippen LogP contribution is 2.28. The molecule has 2 heterocycles. The minimum absolute atomic E-state index is 0.672. The van der Waals surface area contributed by atoms with Crippen LogP contribution in [0.4, 0.5) is 0 Å². The van der Waals surface area contributed by atoms with E-state index < -0.39 is 0 Å². The summed E-state index contributed by atoms with van der Waals surface area (Å²) < 4.78 is 0. The molecule has 1 aromatic heterocycles. The molecule has 2 rings (SSSR count). The molecule has 0 aromatic carbocycles. The van der Waals surface area contributed by atoms with Crippen molar-refractivity contribution in [3.63, 3.8) is 0 Å². The van der Waals surface area contributed by atoms with Gasteiger partial charge in [0, 0.05) is 11.9 Å². The van der Waals surface area contributed by atoms with Crippen LogP contribution in [0.15, 0.2) is 17.3 Å². The molecule has 54 valence electrons. The Morgan fingerprint density at radius 1 is 1.64 bits per heavy atom. The van der Waals surface area contributed by atoms with Gasteiger partial charge in [0.25, 0.3) is 0 Å². The van der Waals surface area contributed by atoms with Crippen LogP contribution >= 0.6 is 11.8 Å². The van der Waals surface area contributed by atoms with Gasteiger partial charge in [0.15, 0.2) is 0 Å². The van der Waals surface area contributed by atoms with E-state index in [1.165, 1.54) is 5.56 Å². The molecule has 0 saturated heterocycles. The molecular weight excluding hydrogens is 156 g/mol. The largest absolute Gasteiger partial charge is 0.248 e. The van der Waals surface area contributed by atoms with Crippen molar-refractivity contribution in [1.82, 2.24) is 4.98 Å². The van der Waals surface area contributed by atoms with Crippen LogP contribution in [-0.4, -0.2) is 10.7 Å². The summed E-state index contributed by atoms with van der Waals surface area (Å²) in [5, 5.41) is 9.67. The Morgan fingerprint density at radius 3 is 3.36 bits per heavy atom. The molecule has 1 aliphatic rings. The summed E-state index contributed by atoms with van der Waals surface area (Å²) in [6, 6.07) is 4.02. The second kappa shape index (κ2) is 2.55. The van der Waals surface area contributed by atoms with Gasteiger partial charge in [-0.15, -0.1) is 11.8 Å². The fourth-order valence-electron chi connectivity index (χ4n) is 1.13. The fourth-order valence-corrected chi connectivity index (χ4v) is 2.11. The average Bonchev–Trinajstić information content (AvgIpc) is 2.50. The molecule has 0 fully saturated rings. The lowest BCUT2D eigenvalue weighted by atomic mass is 10.2. The van der Waals surface area contributed by atoms with Gasteiger partial charge >= 0.3 is 0 Å². The Balaban J connectivity index is 2.51. The first-order valence-electron chi connectivity index (χ1n) is 3.42. The Bertz CT molecular complexity index is 327. The molecule has 0 radical (unpaired) electrons.